The Morgan fingerprint density at radius 3 is 2.56 bits per heavy atom. The van der Waals surface area contributed by atoms with Gasteiger partial charge in [-0.25, -0.2) is 0 Å². The molecule has 5 heteroatoms. The first kappa shape index (κ1) is 19.4. The SMILES string of the molecule is O=C(CN(Cc1ccccc1)CC1CCCO1)NCCOc1ccccc1. The number of ether oxygens (including phenoxy) is 2. The molecule has 2 aromatic carbocycles. The summed E-state index contributed by atoms with van der Waals surface area (Å²) in [7, 11) is 0. The first-order valence-electron chi connectivity index (χ1n) is 9.62. The van der Waals surface area contributed by atoms with E-state index in [-0.39, 0.29) is 12.0 Å². The molecule has 3 rings (SSSR count). The summed E-state index contributed by atoms with van der Waals surface area (Å²) >= 11 is 0. The first-order chi connectivity index (χ1) is 13.3. The molecular formula is C22H28N2O3. The number of carbonyl (C=O) groups excluding carboxylic acids is 1. The minimum atomic E-state index is 0.0144. The van der Waals surface area contributed by atoms with Crippen LogP contribution in [0.4, 0.5) is 0 Å². The number of nitrogens with zero attached hydrogens (tertiary/aromatic N) is 1. The van der Waals surface area contributed by atoms with E-state index in [2.05, 4.69) is 22.3 Å². The summed E-state index contributed by atoms with van der Waals surface area (Å²) in [4.78, 5) is 14.5. The molecule has 1 N–H and O–H groups in total. The largest absolute Gasteiger partial charge is 0.492 e. The zero-order chi connectivity index (χ0) is 18.7. The normalized spacial score (nSPS) is 16.4. The molecule has 1 heterocycles. The molecule has 2 aromatic rings. The number of rotatable bonds is 10. The Morgan fingerprint density at radius 1 is 1.11 bits per heavy atom. The standard InChI is InChI=1S/C22H28N2O3/c25-22(23-13-15-27-20-10-5-2-6-11-20)18-24(17-21-12-7-14-26-21)16-19-8-3-1-4-9-19/h1-6,8-11,21H,7,12-18H2,(H,23,25). The molecule has 1 saturated heterocycles. The Kier molecular flexibility index (Phi) is 7.69. The molecule has 0 saturated carbocycles. The van der Waals surface area contributed by atoms with Crippen molar-refractivity contribution >= 4 is 5.91 Å². The second kappa shape index (κ2) is 10.7. The van der Waals surface area contributed by atoms with Gasteiger partial charge in [0.1, 0.15) is 12.4 Å². The van der Waals surface area contributed by atoms with Crippen LogP contribution in [0.25, 0.3) is 0 Å². The quantitative estimate of drug-likeness (QED) is 0.655. The molecule has 1 atom stereocenters. The number of carbonyl (C=O) groups is 1. The average molecular weight is 368 g/mol. The van der Waals surface area contributed by atoms with Crippen molar-refractivity contribution in [1.29, 1.82) is 0 Å². The lowest BCUT2D eigenvalue weighted by Gasteiger charge is -2.24. The molecule has 1 aliphatic rings. The van der Waals surface area contributed by atoms with Crippen LogP contribution in [0.5, 0.6) is 5.75 Å². The van der Waals surface area contributed by atoms with Crippen molar-refractivity contribution in [2.24, 2.45) is 0 Å². The van der Waals surface area contributed by atoms with E-state index in [0.29, 0.717) is 19.7 Å². The predicted molar refractivity (Wildman–Crippen MR) is 106 cm³/mol. The van der Waals surface area contributed by atoms with Crippen LogP contribution in [0, 0.1) is 0 Å². The molecule has 5 nitrogen and oxygen atoms in total. The first-order valence-corrected chi connectivity index (χ1v) is 9.62. The monoisotopic (exact) mass is 368 g/mol. The van der Waals surface area contributed by atoms with Gasteiger partial charge >= 0.3 is 0 Å². The number of hydrogen-bond donors (Lipinski definition) is 1. The summed E-state index contributed by atoms with van der Waals surface area (Å²) in [6, 6.07) is 19.9. The molecule has 0 aliphatic carbocycles. The highest BCUT2D eigenvalue weighted by Gasteiger charge is 2.21. The molecular weight excluding hydrogens is 340 g/mol. The highest BCUT2D eigenvalue weighted by molar-refractivity contribution is 5.78. The topological polar surface area (TPSA) is 50.8 Å². The summed E-state index contributed by atoms with van der Waals surface area (Å²) in [5.41, 5.74) is 1.20. The fourth-order valence-corrected chi connectivity index (χ4v) is 3.24. The van der Waals surface area contributed by atoms with Crippen molar-refractivity contribution in [2.45, 2.75) is 25.5 Å². The molecule has 1 unspecified atom stereocenters. The van der Waals surface area contributed by atoms with Gasteiger partial charge in [0.25, 0.3) is 0 Å². The van der Waals surface area contributed by atoms with Crippen molar-refractivity contribution < 1.29 is 14.3 Å². The van der Waals surface area contributed by atoms with Crippen molar-refractivity contribution in [3.63, 3.8) is 0 Å². The summed E-state index contributed by atoms with van der Waals surface area (Å²) in [6.45, 7) is 3.66. The minimum Gasteiger partial charge on any atom is -0.492 e. The molecule has 144 valence electrons. The zero-order valence-corrected chi connectivity index (χ0v) is 15.7. The van der Waals surface area contributed by atoms with E-state index in [4.69, 9.17) is 9.47 Å². The molecule has 0 radical (unpaired) electrons. The maximum Gasteiger partial charge on any atom is 0.234 e. The molecule has 0 bridgehead atoms. The van der Waals surface area contributed by atoms with Gasteiger partial charge < -0.3 is 14.8 Å². The Labute approximate surface area is 161 Å². The van der Waals surface area contributed by atoms with Gasteiger partial charge in [0.05, 0.1) is 19.2 Å². The van der Waals surface area contributed by atoms with E-state index < -0.39 is 0 Å². The molecule has 1 aliphatic heterocycles. The van der Waals surface area contributed by atoms with E-state index in [9.17, 15) is 4.79 Å². The number of amides is 1. The van der Waals surface area contributed by atoms with Gasteiger partial charge in [0.15, 0.2) is 0 Å². The summed E-state index contributed by atoms with van der Waals surface area (Å²) < 4.78 is 11.4. The third-order valence-electron chi connectivity index (χ3n) is 4.54. The molecule has 0 spiro atoms. The van der Waals surface area contributed by atoms with Crippen LogP contribution in [-0.4, -0.2) is 49.8 Å². The van der Waals surface area contributed by atoms with E-state index in [0.717, 1.165) is 38.3 Å². The maximum atomic E-state index is 12.4. The molecule has 27 heavy (non-hydrogen) atoms. The number of nitrogens with one attached hydrogen (secondary N) is 1. The smallest absolute Gasteiger partial charge is 0.234 e. The van der Waals surface area contributed by atoms with Crippen molar-refractivity contribution in [3.05, 3.63) is 66.2 Å². The van der Waals surface area contributed by atoms with E-state index in [1.165, 1.54) is 5.56 Å². The minimum absolute atomic E-state index is 0.0144. The Bertz CT molecular complexity index is 672. The van der Waals surface area contributed by atoms with Gasteiger partial charge in [-0.3, -0.25) is 9.69 Å². The molecule has 0 aromatic heterocycles. The fraction of sp³-hybridized carbons (Fsp3) is 0.409. The Balaban J connectivity index is 1.44. The number of benzene rings is 2. The Morgan fingerprint density at radius 2 is 1.85 bits per heavy atom. The highest BCUT2D eigenvalue weighted by atomic mass is 16.5. The lowest BCUT2D eigenvalue weighted by molar-refractivity contribution is -0.122. The van der Waals surface area contributed by atoms with Crippen LogP contribution in [0.3, 0.4) is 0 Å². The van der Waals surface area contributed by atoms with Crippen molar-refractivity contribution in [2.75, 3.05) is 32.8 Å². The maximum absolute atomic E-state index is 12.4. The van der Waals surface area contributed by atoms with E-state index >= 15 is 0 Å². The van der Waals surface area contributed by atoms with Gasteiger partial charge in [0.2, 0.25) is 5.91 Å². The number of para-hydroxylation sites is 1. The van der Waals surface area contributed by atoms with Crippen LogP contribution in [-0.2, 0) is 16.1 Å². The second-order valence-electron chi connectivity index (χ2n) is 6.80. The van der Waals surface area contributed by atoms with Crippen LogP contribution in [0.2, 0.25) is 0 Å². The number of hydrogen-bond acceptors (Lipinski definition) is 4. The van der Waals surface area contributed by atoms with Gasteiger partial charge in [-0.2, -0.15) is 0 Å². The van der Waals surface area contributed by atoms with Crippen LogP contribution in [0.1, 0.15) is 18.4 Å². The van der Waals surface area contributed by atoms with Crippen LogP contribution < -0.4 is 10.1 Å². The average Bonchev–Trinajstić information content (AvgIpc) is 3.20. The van der Waals surface area contributed by atoms with E-state index in [1.807, 2.05) is 48.5 Å². The summed E-state index contributed by atoms with van der Waals surface area (Å²) in [5.74, 6) is 0.830. The van der Waals surface area contributed by atoms with Crippen molar-refractivity contribution in [3.8, 4) is 5.75 Å². The van der Waals surface area contributed by atoms with Gasteiger partial charge in [-0.15, -0.1) is 0 Å². The second-order valence-corrected chi connectivity index (χ2v) is 6.80. The zero-order valence-electron chi connectivity index (χ0n) is 15.7. The van der Waals surface area contributed by atoms with Gasteiger partial charge in [0, 0.05) is 19.7 Å². The third-order valence-corrected chi connectivity index (χ3v) is 4.54. The summed E-state index contributed by atoms with van der Waals surface area (Å²) in [5, 5.41) is 2.95. The van der Waals surface area contributed by atoms with Crippen LogP contribution >= 0.6 is 0 Å². The van der Waals surface area contributed by atoms with E-state index in [1.54, 1.807) is 0 Å². The van der Waals surface area contributed by atoms with Gasteiger partial charge in [-0.05, 0) is 30.5 Å². The lowest BCUT2D eigenvalue weighted by atomic mass is 10.2. The predicted octanol–water partition coefficient (Wildman–Crippen LogP) is 2.86. The molecule has 1 fully saturated rings. The Hall–Kier alpha value is -2.37. The highest BCUT2D eigenvalue weighted by Crippen LogP contribution is 2.15. The van der Waals surface area contributed by atoms with Crippen LogP contribution in [0.15, 0.2) is 60.7 Å². The third kappa shape index (κ3) is 7.04. The lowest BCUT2D eigenvalue weighted by Crippen LogP contribution is -2.41. The molecule has 1 amide bonds. The van der Waals surface area contributed by atoms with Crippen molar-refractivity contribution in [1.82, 2.24) is 10.2 Å². The van der Waals surface area contributed by atoms with Gasteiger partial charge in [-0.1, -0.05) is 48.5 Å². The summed E-state index contributed by atoms with van der Waals surface area (Å²) in [6.07, 6.45) is 2.40. The fourth-order valence-electron chi connectivity index (χ4n) is 3.24.